The van der Waals surface area contributed by atoms with Crippen LogP contribution in [0.15, 0.2) is 207 Å². The number of pyridine rings is 1. The van der Waals surface area contributed by atoms with Gasteiger partial charge in [-0.25, -0.2) is 0 Å². The molecule has 0 radical (unpaired) electrons. The highest BCUT2D eigenvalue weighted by Crippen LogP contribution is 2.46. The zero-order valence-corrected chi connectivity index (χ0v) is 35.7. The molecular formula is C59H50N2. The van der Waals surface area contributed by atoms with Gasteiger partial charge in [0.15, 0.2) is 0 Å². The van der Waals surface area contributed by atoms with E-state index in [0.29, 0.717) is 0 Å². The van der Waals surface area contributed by atoms with Crippen LogP contribution in [0.5, 0.6) is 0 Å². The van der Waals surface area contributed by atoms with Gasteiger partial charge in [0, 0.05) is 28.9 Å². The molecule has 0 unspecified atom stereocenters. The molecule has 61 heavy (non-hydrogen) atoms. The zero-order valence-electron chi connectivity index (χ0n) is 35.7. The van der Waals surface area contributed by atoms with Crippen LogP contribution in [0.3, 0.4) is 0 Å². The molecule has 9 aromatic carbocycles. The Bertz CT molecular complexity index is 3260. The number of para-hydroxylation sites is 2. The number of aryl methyl sites for hydroxylation is 1. The molecule has 2 nitrogen and oxygen atoms in total. The van der Waals surface area contributed by atoms with Gasteiger partial charge in [-0.1, -0.05) is 172 Å². The number of rotatable bonds is 4. The predicted octanol–water partition coefficient (Wildman–Crippen LogP) is 16.6. The van der Waals surface area contributed by atoms with Gasteiger partial charge in [-0.2, -0.15) is 0 Å². The lowest BCUT2D eigenvalue weighted by Gasteiger charge is -2.23. The molecule has 0 atom stereocenters. The van der Waals surface area contributed by atoms with E-state index in [9.17, 15) is 0 Å². The number of hydrogen-bond acceptors (Lipinski definition) is 1. The van der Waals surface area contributed by atoms with Crippen LogP contribution >= 0.6 is 0 Å². The van der Waals surface area contributed by atoms with Gasteiger partial charge < -0.3 is 4.57 Å². The summed E-state index contributed by atoms with van der Waals surface area (Å²) in [6.07, 6.45) is 5.51. The SMILES string of the molecule is C=CC.CC(C)(C)c1cc2ccc3c(-c4ccc(-c5cccnc5)cc4)cc(-c4ccc5c(c4)c4ccccc4n5-c4ccccc4)c4ccc(c1)c2c34.Cc1ccccc1. The van der Waals surface area contributed by atoms with E-state index in [1.54, 1.807) is 6.08 Å². The van der Waals surface area contributed by atoms with E-state index in [-0.39, 0.29) is 5.41 Å². The van der Waals surface area contributed by atoms with Gasteiger partial charge in [0.2, 0.25) is 0 Å². The van der Waals surface area contributed by atoms with E-state index in [0.717, 1.165) is 5.56 Å². The maximum absolute atomic E-state index is 4.35. The Kier molecular flexibility index (Phi) is 10.5. The molecule has 296 valence electrons. The normalized spacial score (nSPS) is 11.4. The van der Waals surface area contributed by atoms with Crippen LogP contribution < -0.4 is 0 Å². The summed E-state index contributed by atoms with van der Waals surface area (Å²) in [6.45, 7) is 14.2. The summed E-state index contributed by atoms with van der Waals surface area (Å²) in [5, 5.41) is 10.4. The molecule has 0 aliphatic heterocycles. The summed E-state index contributed by atoms with van der Waals surface area (Å²) in [6, 6.07) is 66.5. The van der Waals surface area contributed by atoms with E-state index >= 15 is 0 Å². The lowest BCUT2D eigenvalue weighted by Crippen LogP contribution is -2.10. The van der Waals surface area contributed by atoms with Gasteiger partial charge >= 0.3 is 0 Å². The second kappa shape index (κ2) is 16.4. The third kappa shape index (κ3) is 7.47. The fourth-order valence-corrected chi connectivity index (χ4v) is 8.73. The topological polar surface area (TPSA) is 17.8 Å². The summed E-state index contributed by atoms with van der Waals surface area (Å²) in [4.78, 5) is 4.35. The Morgan fingerprint density at radius 2 is 1.07 bits per heavy atom. The highest BCUT2D eigenvalue weighted by atomic mass is 15.0. The first-order chi connectivity index (χ1) is 29.7. The standard InChI is InChI=1S/C49H36N2.C7H8.C3H6/c1-49(2,3)37-26-34-19-22-40-42(32-17-15-31(16-18-32)36-10-9-25-50-30-36)29-43(41-23-20-35(27-37)47(34)48(40)41)33-21-24-46-44(28-33)39-13-7-8-14-45(39)51(46)38-11-5-4-6-12-38;1-7-5-3-2-4-6-7;1-3-2/h4-30H,1-3H3;2-6H,1H3;3H,1H2,2H3. The maximum Gasteiger partial charge on any atom is 0.0541 e. The van der Waals surface area contributed by atoms with Gasteiger partial charge in [0.1, 0.15) is 0 Å². The third-order valence-corrected chi connectivity index (χ3v) is 11.7. The van der Waals surface area contributed by atoms with Crippen LogP contribution in [0.2, 0.25) is 0 Å². The molecule has 11 rings (SSSR count). The van der Waals surface area contributed by atoms with Gasteiger partial charge in [-0.15, -0.1) is 6.58 Å². The van der Waals surface area contributed by atoms with Crippen LogP contribution in [-0.2, 0) is 5.41 Å². The van der Waals surface area contributed by atoms with Crippen molar-refractivity contribution >= 4 is 54.1 Å². The van der Waals surface area contributed by atoms with Gasteiger partial charge in [-0.05, 0) is 133 Å². The molecule has 0 saturated carbocycles. The minimum Gasteiger partial charge on any atom is -0.309 e. The average Bonchev–Trinajstić information content (AvgIpc) is 3.63. The van der Waals surface area contributed by atoms with Crippen molar-refractivity contribution in [1.82, 2.24) is 9.55 Å². The molecule has 0 aliphatic carbocycles. The minimum atomic E-state index is 0.0606. The first-order valence-electron chi connectivity index (χ1n) is 21.2. The van der Waals surface area contributed by atoms with E-state index in [1.807, 2.05) is 43.6 Å². The highest BCUT2D eigenvalue weighted by Gasteiger charge is 2.21. The van der Waals surface area contributed by atoms with Crippen LogP contribution in [0.25, 0.3) is 93.2 Å². The highest BCUT2D eigenvalue weighted by molar-refractivity contribution is 6.28. The molecule has 11 aromatic rings. The fourth-order valence-electron chi connectivity index (χ4n) is 8.73. The molecule has 0 spiro atoms. The zero-order chi connectivity index (χ0) is 42.1. The van der Waals surface area contributed by atoms with E-state index in [4.69, 9.17) is 0 Å². The smallest absolute Gasteiger partial charge is 0.0541 e. The quantitative estimate of drug-likeness (QED) is 0.128. The second-order valence-corrected chi connectivity index (χ2v) is 16.9. The third-order valence-electron chi connectivity index (χ3n) is 11.7. The molecule has 0 amide bonds. The van der Waals surface area contributed by atoms with Gasteiger partial charge in [0.05, 0.1) is 11.0 Å². The van der Waals surface area contributed by atoms with Crippen molar-refractivity contribution in [2.24, 2.45) is 0 Å². The summed E-state index contributed by atoms with van der Waals surface area (Å²) < 4.78 is 2.39. The monoisotopic (exact) mass is 786 g/mol. The van der Waals surface area contributed by atoms with E-state index in [2.05, 4.69) is 202 Å². The molecule has 0 N–H and O–H groups in total. The van der Waals surface area contributed by atoms with E-state index < -0.39 is 0 Å². The molecule has 0 fully saturated rings. The summed E-state index contributed by atoms with van der Waals surface area (Å²) in [5.74, 6) is 0. The van der Waals surface area contributed by atoms with Crippen molar-refractivity contribution in [3.05, 3.63) is 218 Å². The van der Waals surface area contributed by atoms with Gasteiger partial charge in [0.25, 0.3) is 0 Å². The first kappa shape index (κ1) is 39.2. The summed E-state index contributed by atoms with van der Waals surface area (Å²) in [7, 11) is 0. The van der Waals surface area contributed by atoms with Crippen LogP contribution in [0.4, 0.5) is 0 Å². The summed E-state index contributed by atoms with van der Waals surface area (Å²) >= 11 is 0. The molecule has 2 aromatic heterocycles. The Hall–Kier alpha value is -7.29. The molecule has 2 heteroatoms. The minimum absolute atomic E-state index is 0.0606. The number of fused-ring (bicyclic) bond motifs is 3. The Balaban J connectivity index is 0.000000425. The molecule has 0 aliphatic rings. The largest absolute Gasteiger partial charge is 0.309 e. The van der Waals surface area contributed by atoms with Crippen molar-refractivity contribution in [2.75, 3.05) is 0 Å². The van der Waals surface area contributed by atoms with Crippen LogP contribution in [0.1, 0.15) is 38.8 Å². The molecular weight excluding hydrogens is 737 g/mol. The van der Waals surface area contributed by atoms with Crippen LogP contribution in [-0.4, -0.2) is 9.55 Å². The van der Waals surface area contributed by atoms with Crippen LogP contribution in [0, 0.1) is 6.92 Å². The number of benzene rings is 9. The molecule has 2 heterocycles. The van der Waals surface area contributed by atoms with Crippen molar-refractivity contribution in [3.63, 3.8) is 0 Å². The predicted molar refractivity (Wildman–Crippen MR) is 264 cm³/mol. The number of allylic oxidation sites excluding steroid dienone is 1. The van der Waals surface area contributed by atoms with Crippen molar-refractivity contribution in [2.45, 2.75) is 40.0 Å². The maximum atomic E-state index is 4.35. The first-order valence-corrected chi connectivity index (χ1v) is 21.2. The Morgan fingerprint density at radius 3 is 1.67 bits per heavy atom. The number of hydrogen-bond donors (Lipinski definition) is 0. The van der Waals surface area contributed by atoms with Gasteiger partial charge in [-0.3, -0.25) is 4.98 Å². The molecule has 0 saturated heterocycles. The number of aromatic nitrogens is 2. The molecule has 0 bridgehead atoms. The van der Waals surface area contributed by atoms with Crippen molar-refractivity contribution in [3.8, 4) is 39.1 Å². The van der Waals surface area contributed by atoms with E-state index in [1.165, 1.54) is 98.8 Å². The lowest BCUT2D eigenvalue weighted by atomic mass is 9.81. The Labute approximate surface area is 359 Å². The Morgan fingerprint density at radius 1 is 0.492 bits per heavy atom. The van der Waals surface area contributed by atoms with Crippen molar-refractivity contribution < 1.29 is 0 Å². The fraction of sp³-hybridized carbons (Fsp3) is 0.102. The number of nitrogens with zero attached hydrogens (tertiary/aromatic N) is 2. The lowest BCUT2D eigenvalue weighted by molar-refractivity contribution is 0.591. The second-order valence-electron chi connectivity index (χ2n) is 16.9. The van der Waals surface area contributed by atoms with Crippen molar-refractivity contribution in [1.29, 1.82) is 0 Å². The summed E-state index contributed by atoms with van der Waals surface area (Å²) in [5.41, 5.74) is 13.6. The average molecular weight is 787 g/mol.